The maximum absolute atomic E-state index is 12.2. The molecule has 4 rings (SSSR count). The number of piperidine rings is 1. The number of hydrogen-bond acceptors (Lipinski definition) is 5. The third-order valence-electron chi connectivity index (χ3n) is 4.59. The number of amides is 1. The van der Waals surface area contributed by atoms with Crippen LogP contribution in [0.3, 0.4) is 0 Å². The number of aryl methyl sites for hydroxylation is 1. The maximum atomic E-state index is 12.2. The molecular weight excluding hydrogens is 318 g/mol. The van der Waals surface area contributed by atoms with Crippen LogP contribution in [0.25, 0.3) is 0 Å². The SMILES string of the molecule is Cn1ccc(NC(=O)CN2C[C@H]3CC[C@@H]2CN(S(C)(=O)=O)C3)n1. The van der Waals surface area contributed by atoms with E-state index < -0.39 is 10.0 Å². The van der Waals surface area contributed by atoms with Crippen molar-refractivity contribution in [1.29, 1.82) is 0 Å². The molecule has 9 heteroatoms. The molecule has 3 aliphatic heterocycles. The van der Waals surface area contributed by atoms with Gasteiger partial charge in [-0.25, -0.2) is 12.7 Å². The summed E-state index contributed by atoms with van der Waals surface area (Å²) in [6, 6.07) is 1.86. The van der Waals surface area contributed by atoms with E-state index in [0.717, 1.165) is 19.4 Å². The number of fused-ring (bicyclic) bond motifs is 4. The van der Waals surface area contributed by atoms with Crippen LogP contribution >= 0.6 is 0 Å². The molecule has 3 aliphatic rings. The molecule has 0 aliphatic carbocycles. The molecule has 3 fully saturated rings. The highest BCUT2D eigenvalue weighted by Crippen LogP contribution is 2.28. The van der Waals surface area contributed by atoms with Crippen molar-refractivity contribution in [3.05, 3.63) is 12.3 Å². The smallest absolute Gasteiger partial charge is 0.239 e. The lowest BCUT2D eigenvalue weighted by atomic mass is 9.95. The van der Waals surface area contributed by atoms with Gasteiger partial charge in [-0.05, 0) is 18.8 Å². The standard InChI is InChI=1S/C14H23N5O3S/c1-17-6-5-13(16-17)15-14(20)10-18-7-11-3-4-12(18)9-19(8-11)23(2,21)22/h5-6,11-12H,3-4,7-10H2,1-2H3,(H,15,16,20)/t11-,12-/m1/s1. The van der Waals surface area contributed by atoms with E-state index in [2.05, 4.69) is 15.3 Å². The Morgan fingerprint density at radius 2 is 2.13 bits per heavy atom. The van der Waals surface area contributed by atoms with E-state index in [0.29, 0.717) is 24.8 Å². The Kier molecular flexibility index (Phi) is 4.43. The zero-order chi connectivity index (χ0) is 16.6. The van der Waals surface area contributed by atoms with E-state index >= 15 is 0 Å². The van der Waals surface area contributed by atoms with Crippen LogP contribution in [0, 0.1) is 5.92 Å². The second-order valence-electron chi connectivity index (χ2n) is 6.53. The Morgan fingerprint density at radius 3 is 2.78 bits per heavy atom. The first-order chi connectivity index (χ1) is 10.8. The molecule has 2 bridgehead atoms. The Bertz CT molecular complexity index is 686. The van der Waals surface area contributed by atoms with Crippen LogP contribution in [0.4, 0.5) is 5.82 Å². The van der Waals surface area contributed by atoms with Gasteiger partial charge in [-0.15, -0.1) is 0 Å². The molecule has 1 aromatic rings. The fourth-order valence-corrected chi connectivity index (χ4v) is 4.37. The molecule has 2 atom stereocenters. The predicted molar refractivity (Wildman–Crippen MR) is 86.3 cm³/mol. The molecule has 3 saturated heterocycles. The van der Waals surface area contributed by atoms with Crippen LogP contribution in [0.5, 0.6) is 0 Å². The maximum Gasteiger partial charge on any atom is 0.239 e. The van der Waals surface area contributed by atoms with Crippen molar-refractivity contribution in [3.63, 3.8) is 0 Å². The summed E-state index contributed by atoms with van der Waals surface area (Å²) in [5.41, 5.74) is 0. The second-order valence-corrected chi connectivity index (χ2v) is 8.51. The Hall–Kier alpha value is -1.45. The summed E-state index contributed by atoms with van der Waals surface area (Å²) in [6.07, 6.45) is 4.99. The lowest BCUT2D eigenvalue weighted by molar-refractivity contribution is -0.118. The minimum atomic E-state index is -3.18. The van der Waals surface area contributed by atoms with E-state index in [1.54, 1.807) is 28.3 Å². The Morgan fingerprint density at radius 1 is 1.35 bits per heavy atom. The van der Waals surface area contributed by atoms with Gasteiger partial charge in [0.15, 0.2) is 5.82 Å². The molecule has 8 nitrogen and oxygen atoms in total. The summed E-state index contributed by atoms with van der Waals surface area (Å²) in [5, 5.41) is 6.92. The molecule has 0 aromatic carbocycles. The number of hydrogen-bond donors (Lipinski definition) is 1. The van der Waals surface area contributed by atoms with E-state index in [1.807, 2.05) is 0 Å². The molecule has 128 valence electrons. The summed E-state index contributed by atoms with van der Waals surface area (Å²) >= 11 is 0. The molecule has 4 heterocycles. The van der Waals surface area contributed by atoms with Crippen LogP contribution in [0.15, 0.2) is 12.3 Å². The van der Waals surface area contributed by atoms with Crippen LogP contribution in [-0.4, -0.2) is 71.8 Å². The van der Waals surface area contributed by atoms with Crippen molar-refractivity contribution in [2.75, 3.05) is 37.8 Å². The number of sulfonamides is 1. The summed E-state index contributed by atoms with van der Waals surface area (Å²) in [4.78, 5) is 14.3. The molecule has 0 spiro atoms. The van der Waals surface area contributed by atoms with Gasteiger partial charge in [-0.3, -0.25) is 14.4 Å². The Labute approximate surface area is 136 Å². The fourth-order valence-electron chi connectivity index (χ4n) is 3.45. The van der Waals surface area contributed by atoms with E-state index in [4.69, 9.17) is 0 Å². The number of carbonyl (C=O) groups excluding carboxylic acids is 1. The average Bonchev–Trinajstić information content (AvgIpc) is 2.67. The lowest BCUT2D eigenvalue weighted by Crippen LogP contribution is -2.47. The third-order valence-corrected chi connectivity index (χ3v) is 5.83. The van der Waals surface area contributed by atoms with Gasteiger partial charge in [-0.2, -0.15) is 5.10 Å². The number of nitrogens with one attached hydrogen (secondary N) is 1. The number of carbonyl (C=O) groups is 1. The molecular formula is C14H23N5O3S. The molecule has 1 aromatic heterocycles. The largest absolute Gasteiger partial charge is 0.308 e. The minimum absolute atomic E-state index is 0.109. The normalized spacial score (nSPS) is 26.2. The molecule has 0 unspecified atom stereocenters. The topological polar surface area (TPSA) is 87.5 Å². The molecule has 23 heavy (non-hydrogen) atoms. The fraction of sp³-hybridized carbons (Fsp3) is 0.714. The molecule has 1 N–H and O–H groups in total. The first kappa shape index (κ1) is 16.4. The van der Waals surface area contributed by atoms with Crippen LogP contribution in [-0.2, 0) is 21.9 Å². The van der Waals surface area contributed by atoms with Gasteiger partial charge < -0.3 is 5.32 Å². The van der Waals surface area contributed by atoms with Gasteiger partial charge in [0.2, 0.25) is 15.9 Å². The van der Waals surface area contributed by atoms with Gasteiger partial charge in [0.05, 0.1) is 12.8 Å². The first-order valence-electron chi connectivity index (χ1n) is 7.80. The highest BCUT2D eigenvalue weighted by molar-refractivity contribution is 7.88. The molecule has 0 radical (unpaired) electrons. The third kappa shape index (κ3) is 3.91. The summed E-state index contributed by atoms with van der Waals surface area (Å²) < 4.78 is 26.9. The quantitative estimate of drug-likeness (QED) is 0.813. The highest BCUT2D eigenvalue weighted by Gasteiger charge is 2.38. The van der Waals surface area contributed by atoms with E-state index in [9.17, 15) is 13.2 Å². The highest BCUT2D eigenvalue weighted by atomic mass is 32.2. The first-order valence-corrected chi connectivity index (χ1v) is 9.65. The van der Waals surface area contributed by atoms with Gasteiger partial charge >= 0.3 is 0 Å². The van der Waals surface area contributed by atoms with Gasteiger partial charge in [0.1, 0.15) is 0 Å². The number of anilines is 1. The minimum Gasteiger partial charge on any atom is -0.308 e. The lowest BCUT2D eigenvalue weighted by Gasteiger charge is -2.35. The predicted octanol–water partition coefficient (Wildman–Crippen LogP) is -0.286. The van der Waals surface area contributed by atoms with Crippen molar-refractivity contribution in [2.45, 2.75) is 18.9 Å². The van der Waals surface area contributed by atoms with Gasteiger partial charge in [0, 0.05) is 45.0 Å². The zero-order valence-corrected chi connectivity index (χ0v) is 14.3. The van der Waals surface area contributed by atoms with Crippen LogP contribution in [0.2, 0.25) is 0 Å². The second kappa shape index (κ2) is 6.21. The van der Waals surface area contributed by atoms with Crippen molar-refractivity contribution in [2.24, 2.45) is 13.0 Å². The van der Waals surface area contributed by atoms with Crippen molar-refractivity contribution < 1.29 is 13.2 Å². The van der Waals surface area contributed by atoms with Crippen molar-refractivity contribution in [3.8, 4) is 0 Å². The monoisotopic (exact) mass is 341 g/mol. The molecule has 0 saturated carbocycles. The molecule has 1 amide bonds. The summed E-state index contributed by atoms with van der Waals surface area (Å²) in [6.45, 7) is 2.08. The number of nitrogens with zero attached hydrogens (tertiary/aromatic N) is 4. The van der Waals surface area contributed by atoms with E-state index in [1.165, 1.54) is 6.26 Å². The number of aromatic nitrogens is 2. The van der Waals surface area contributed by atoms with Crippen LogP contribution < -0.4 is 5.32 Å². The van der Waals surface area contributed by atoms with E-state index in [-0.39, 0.29) is 18.5 Å². The van der Waals surface area contributed by atoms with Crippen LogP contribution in [0.1, 0.15) is 12.8 Å². The summed E-state index contributed by atoms with van der Waals surface area (Å²) in [7, 11) is -1.38. The van der Waals surface area contributed by atoms with Gasteiger partial charge in [-0.1, -0.05) is 0 Å². The Balaban J connectivity index is 1.63. The average molecular weight is 341 g/mol. The van der Waals surface area contributed by atoms with Gasteiger partial charge in [0.25, 0.3) is 0 Å². The van der Waals surface area contributed by atoms with Crippen molar-refractivity contribution >= 4 is 21.7 Å². The summed E-state index contributed by atoms with van der Waals surface area (Å²) in [5.74, 6) is 0.725. The van der Waals surface area contributed by atoms with Crippen molar-refractivity contribution in [1.82, 2.24) is 19.0 Å². The zero-order valence-electron chi connectivity index (χ0n) is 13.5. The number of rotatable bonds is 4.